The molecule has 11 heteroatoms. The van der Waals surface area contributed by atoms with Crippen LogP contribution >= 0.6 is 11.8 Å². The summed E-state index contributed by atoms with van der Waals surface area (Å²) in [4.78, 5) is 35.1. The van der Waals surface area contributed by atoms with Crippen molar-refractivity contribution in [3.8, 4) is 0 Å². The summed E-state index contributed by atoms with van der Waals surface area (Å²) in [5, 5.41) is 22.4. The van der Waals surface area contributed by atoms with Crippen LogP contribution in [0.5, 0.6) is 0 Å². The molecular weight excluding hydrogens is 362 g/mol. The molecule has 26 heavy (non-hydrogen) atoms. The first-order valence-electron chi connectivity index (χ1n) is 7.48. The molecule has 10 nitrogen and oxygen atoms in total. The van der Waals surface area contributed by atoms with Crippen LogP contribution in [0.15, 0.2) is 28.3 Å². The molecule has 1 aromatic carbocycles. The molecule has 0 spiro atoms. The third-order valence-electron chi connectivity index (χ3n) is 3.35. The minimum atomic E-state index is -0.830. The number of carbonyl (C=O) groups excluding carboxylic acids is 2. The van der Waals surface area contributed by atoms with E-state index in [9.17, 15) is 19.7 Å². The van der Waals surface area contributed by atoms with Gasteiger partial charge in [-0.05, 0) is 28.3 Å². The van der Waals surface area contributed by atoms with Gasteiger partial charge in [-0.25, -0.2) is 9.48 Å². The number of ether oxygens (including phenoxy) is 1. The summed E-state index contributed by atoms with van der Waals surface area (Å²) < 4.78 is 6.45. The number of aromatic nitrogens is 4. The number of tetrazole rings is 1. The quantitative estimate of drug-likeness (QED) is 0.420. The minimum absolute atomic E-state index is 0.0334. The van der Waals surface area contributed by atoms with Crippen molar-refractivity contribution < 1.29 is 19.2 Å². The van der Waals surface area contributed by atoms with Gasteiger partial charge in [-0.15, -0.1) is 5.10 Å². The molecule has 2 aromatic rings. The lowest BCUT2D eigenvalue weighted by molar-refractivity contribution is -0.384. The molecule has 0 radical (unpaired) electrons. The molecule has 0 aliphatic rings. The summed E-state index contributed by atoms with van der Waals surface area (Å²) >= 11 is 1.05. The lowest BCUT2D eigenvalue weighted by Gasteiger charge is -2.16. The number of nitro groups is 1. The minimum Gasteiger partial charge on any atom is -0.454 e. The largest absolute Gasteiger partial charge is 0.454 e. The van der Waals surface area contributed by atoms with E-state index in [0.717, 1.165) is 17.8 Å². The number of aryl methyl sites for hydroxylation is 1. The third-order valence-corrected chi connectivity index (χ3v) is 4.45. The maximum Gasteiger partial charge on any atom is 0.339 e. The Hall–Kier alpha value is -2.82. The molecular formula is C15H17N5O5S. The first kappa shape index (κ1) is 19.5. The number of nitro benzene ring substituents is 1. The van der Waals surface area contributed by atoms with E-state index < -0.39 is 22.9 Å². The van der Waals surface area contributed by atoms with Crippen molar-refractivity contribution in [3.63, 3.8) is 0 Å². The maximum atomic E-state index is 12.4. The number of non-ortho nitro benzene ring substituents is 1. The van der Waals surface area contributed by atoms with E-state index in [1.165, 1.54) is 16.8 Å². The third kappa shape index (κ3) is 4.63. The highest BCUT2D eigenvalue weighted by molar-refractivity contribution is 7.99. The zero-order valence-electron chi connectivity index (χ0n) is 14.6. The number of hydrogen-bond donors (Lipinski definition) is 0. The van der Waals surface area contributed by atoms with Crippen LogP contribution in [0.1, 0.15) is 31.1 Å². The summed E-state index contributed by atoms with van der Waals surface area (Å²) in [5.41, 5.74) is -0.960. The maximum absolute atomic E-state index is 12.4. The average Bonchev–Trinajstić information content (AvgIpc) is 2.96. The van der Waals surface area contributed by atoms with E-state index in [0.29, 0.717) is 10.1 Å². The monoisotopic (exact) mass is 379 g/mol. The van der Waals surface area contributed by atoms with Crippen molar-refractivity contribution >= 4 is 29.2 Å². The zero-order valence-corrected chi connectivity index (χ0v) is 15.4. The van der Waals surface area contributed by atoms with Crippen LogP contribution in [-0.4, -0.2) is 43.5 Å². The van der Waals surface area contributed by atoms with Gasteiger partial charge in [0.1, 0.15) is 0 Å². The van der Waals surface area contributed by atoms with E-state index in [1.54, 1.807) is 27.8 Å². The van der Waals surface area contributed by atoms with Gasteiger partial charge in [-0.2, -0.15) is 0 Å². The molecule has 0 unspecified atom stereocenters. The van der Waals surface area contributed by atoms with Crippen LogP contribution in [0.3, 0.4) is 0 Å². The molecule has 0 aliphatic heterocycles. The summed E-state index contributed by atoms with van der Waals surface area (Å²) in [6.45, 7) is 4.71. The Balaban J connectivity index is 2.29. The van der Waals surface area contributed by atoms with Crippen LogP contribution in [0, 0.1) is 15.5 Å². The lowest BCUT2D eigenvalue weighted by Crippen LogP contribution is -2.26. The molecule has 138 valence electrons. The second-order valence-corrected chi connectivity index (χ2v) is 7.38. The first-order valence-corrected chi connectivity index (χ1v) is 8.30. The van der Waals surface area contributed by atoms with Gasteiger partial charge in [-0.3, -0.25) is 14.9 Å². The second kappa shape index (κ2) is 7.60. The standard InChI is InChI=1S/C15H17N5O5S/c1-15(2,3)12(21)8-25-13(22)10-7-9(20(23)24)5-6-11(10)26-14-16-17-18-19(14)4/h5-7H,8H2,1-4H3. The molecule has 0 atom stereocenters. The number of benzene rings is 1. The van der Waals surface area contributed by atoms with Crippen molar-refractivity contribution in [2.75, 3.05) is 6.61 Å². The molecule has 2 rings (SSSR count). The van der Waals surface area contributed by atoms with E-state index in [2.05, 4.69) is 15.5 Å². The first-order chi connectivity index (χ1) is 12.1. The Labute approximate surface area is 153 Å². The number of nitrogens with zero attached hydrogens (tertiary/aromatic N) is 5. The molecule has 0 amide bonds. The van der Waals surface area contributed by atoms with Gasteiger partial charge >= 0.3 is 5.97 Å². The van der Waals surface area contributed by atoms with Gasteiger partial charge in [0.2, 0.25) is 5.16 Å². The Morgan fingerprint density at radius 3 is 2.58 bits per heavy atom. The Bertz CT molecular complexity index is 858. The van der Waals surface area contributed by atoms with Gasteiger partial charge in [0.25, 0.3) is 5.69 Å². The van der Waals surface area contributed by atoms with Crippen LogP contribution in [0.4, 0.5) is 5.69 Å². The normalized spacial score (nSPS) is 11.2. The van der Waals surface area contributed by atoms with E-state index in [4.69, 9.17) is 4.74 Å². The fourth-order valence-corrected chi connectivity index (χ4v) is 2.54. The summed E-state index contributed by atoms with van der Waals surface area (Å²) in [6.07, 6.45) is 0. The predicted molar refractivity (Wildman–Crippen MR) is 90.8 cm³/mol. The van der Waals surface area contributed by atoms with Gasteiger partial charge < -0.3 is 4.74 Å². The number of rotatable bonds is 6. The Kier molecular flexibility index (Phi) is 5.70. The van der Waals surface area contributed by atoms with E-state index in [-0.39, 0.29) is 17.0 Å². The SMILES string of the molecule is Cn1nnnc1Sc1ccc([N+](=O)[O-])cc1C(=O)OCC(=O)C(C)(C)C. The molecule has 1 heterocycles. The number of Topliss-reactive ketones (excluding diaryl/α,β-unsaturated/α-hetero) is 1. The van der Waals surface area contributed by atoms with E-state index >= 15 is 0 Å². The van der Waals surface area contributed by atoms with Gasteiger partial charge in [0.15, 0.2) is 12.4 Å². The fraction of sp³-hybridized carbons (Fsp3) is 0.400. The smallest absolute Gasteiger partial charge is 0.339 e. The lowest BCUT2D eigenvalue weighted by atomic mass is 9.91. The van der Waals surface area contributed by atoms with Gasteiger partial charge in [0, 0.05) is 29.5 Å². The van der Waals surface area contributed by atoms with Crippen LogP contribution in [0.2, 0.25) is 0 Å². The van der Waals surface area contributed by atoms with Gasteiger partial charge in [-0.1, -0.05) is 20.8 Å². The Morgan fingerprint density at radius 2 is 2.04 bits per heavy atom. The molecule has 0 N–H and O–H groups in total. The van der Waals surface area contributed by atoms with Gasteiger partial charge in [0.05, 0.1) is 10.5 Å². The Morgan fingerprint density at radius 1 is 1.35 bits per heavy atom. The molecule has 0 bridgehead atoms. The highest BCUT2D eigenvalue weighted by Crippen LogP contribution is 2.31. The molecule has 1 aromatic heterocycles. The number of esters is 1. The highest BCUT2D eigenvalue weighted by atomic mass is 32.2. The number of hydrogen-bond acceptors (Lipinski definition) is 9. The summed E-state index contributed by atoms with van der Waals surface area (Å²) in [7, 11) is 1.62. The number of carbonyl (C=O) groups is 2. The van der Waals surface area contributed by atoms with Crippen molar-refractivity contribution in [2.45, 2.75) is 30.8 Å². The average molecular weight is 379 g/mol. The van der Waals surface area contributed by atoms with Crippen LogP contribution in [-0.2, 0) is 16.6 Å². The van der Waals surface area contributed by atoms with E-state index in [1.807, 2.05) is 0 Å². The zero-order chi connectivity index (χ0) is 19.5. The van der Waals surface area contributed by atoms with Crippen molar-refractivity contribution in [3.05, 3.63) is 33.9 Å². The van der Waals surface area contributed by atoms with Crippen LogP contribution < -0.4 is 0 Å². The molecule has 0 aliphatic carbocycles. The molecule has 0 saturated carbocycles. The predicted octanol–water partition coefficient (Wildman–Crippen LogP) is 2.04. The topological polar surface area (TPSA) is 130 Å². The fourth-order valence-electron chi connectivity index (χ4n) is 1.71. The number of ketones is 1. The van der Waals surface area contributed by atoms with Crippen molar-refractivity contribution in [2.24, 2.45) is 12.5 Å². The highest BCUT2D eigenvalue weighted by Gasteiger charge is 2.25. The summed E-state index contributed by atoms with van der Waals surface area (Å²) in [5.74, 6) is -1.09. The second-order valence-electron chi connectivity index (χ2n) is 6.37. The van der Waals surface area contributed by atoms with Crippen LogP contribution in [0.25, 0.3) is 0 Å². The van der Waals surface area contributed by atoms with Crippen molar-refractivity contribution in [1.29, 1.82) is 0 Å². The molecule has 0 saturated heterocycles. The summed E-state index contributed by atoms with van der Waals surface area (Å²) in [6, 6.07) is 3.79. The van der Waals surface area contributed by atoms with Crippen molar-refractivity contribution in [1.82, 2.24) is 20.2 Å². The molecule has 0 fully saturated rings.